The number of hydrogen-bond acceptors (Lipinski definition) is 3. The summed E-state index contributed by atoms with van der Waals surface area (Å²) in [5.74, 6) is 1.74. The lowest BCUT2D eigenvalue weighted by atomic mass is 9.91. The van der Waals surface area contributed by atoms with Gasteiger partial charge in [-0.25, -0.2) is 0 Å². The van der Waals surface area contributed by atoms with Crippen LogP contribution in [0.3, 0.4) is 0 Å². The molecule has 31 heavy (non-hydrogen) atoms. The van der Waals surface area contributed by atoms with E-state index in [1.165, 1.54) is 11.1 Å². The molecule has 1 atom stereocenters. The van der Waals surface area contributed by atoms with Gasteiger partial charge in [-0.15, -0.1) is 0 Å². The molecule has 0 aromatic heterocycles. The number of likely N-dealkylation sites (N-methyl/N-ethyl adjacent to an activating group) is 1. The third-order valence-electron chi connectivity index (χ3n) is 6.36. The highest BCUT2D eigenvalue weighted by atomic mass is 15.3. The molecule has 0 radical (unpaired) electrons. The van der Waals surface area contributed by atoms with Crippen LogP contribution < -0.4 is 10.6 Å². The maximum Gasteiger partial charge on any atom is 0.191 e. The average molecular weight is 422 g/mol. The summed E-state index contributed by atoms with van der Waals surface area (Å²) in [5, 5.41) is 7.18. The summed E-state index contributed by atoms with van der Waals surface area (Å²) < 4.78 is 0. The van der Waals surface area contributed by atoms with Crippen LogP contribution in [0.5, 0.6) is 0 Å². The Labute approximate surface area is 188 Å². The van der Waals surface area contributed by atoms with Crippen molar-refractivity contribution in [1.29, 1.82) is 0 Å². The van der Waals surface area contributed by atoms with Crippen molar-refractivity contribution < 1.29 is 0 Å². The number of nitrogens with zero attached hydrogens (tertiary/aromatic N) is 3. The van der Waals surface area contributed by atoms with Crippen LogP contribution in [0, 0.1) is 5.92 Å². The van der Waals surface area contributed by atoms with Crippen LogP contribution in [0.2, 0.25) is 0 Å². The number of hydrogen-bond donors (Lipinski definition) is 2. The molecule has 5 nitrogen and oxygen atoms in total. The largest absolute Gasteiger partial charge is 0.355 e. The number of aliphatic imine (C=N–C) groups is 1. The van der Waals surface area contributed by atoms with Gasteiger partial charge in [-0.3, -0.25) is 9.89 Å². The smallest absolute Gasteiger partial charge is 0.191 e. The van der Waals surface area contributed by atoms with E-state index >= 15 is 0 Å². The topological polar surface area (TPSA) is 42.9 Å². The Hall–Kier alpha value is -2.37. The Morgan fingerprint density at radius 2 is 1.35 bits per heavy atom. The maximum absolute atomic E-state index is 4.50. The first-order chi connectivity index (χ1) is 15.1. The molecule has 5 heteroatoms. The lowest BCUT2D eigenvalue weighted by Gasteiger charge is -2.40. The van der Waals surface area contributed by atoms with Gasteiger partial charge in [0.1, 0.15) is 0 Å². The average Bonchev–Trinajstić information content (AvgIpc) is 2.80. The highest BCUT2D eigenvalue weighted by Crippen LogP contribution is 2.23. The number of guanidine groups is 1. The van der Waals surface area contributed by atoms with Crippen LogP contribution >= 0.6 is 0 Å². The fraction of sp³-hybridized carbons (Fsp3) is 0.500. The van der Waals surface area contributed by atoms with Crippen molar-refractivity contribution in [2.75, 3.05) is 53.4 Å². The van der Waals surface area contributed by atoms with Crippen molar-refractivity contribution in [3.05, 3.63) is 71.8 Å². The van der Waals surface area contributed by atoms with E-state index in [1.54, 1.807) is 0 Å². The van der Waals surface area contributed by atoms with Crippen LogP contribution in [0.4, 0.5) is 0 Å². The van der Waals surface area contributed by atoms with Gasteiger partial charge in [-0.05, 0) is 24.1 Å². The van der Waals surface area contributed by atoms with E-state index in [1.807, 2.05) is 7.05 Å². The van der Waals surface area contributed by atoms with E-state index in [0.717, 1.165) is 45.2 Å². The highest BCUT2D eigenvalue weighted by molar-refractivity contribution is 5.79. The molecule has 3 rings (SSSR count). The van der Waals surface area contributed by atoms with Gasteiger partial charge in [0.15, 0.2) is 5.96 Å². The van der Waals surface area contributed by atoms with Gasteiger partial charge in [-0.1, -0.05) is 74.5 Å². The van der Waals surface area contributed by atoms with Gasteiger partial charge in [0.2, 0.25) is 0 Å². The van der Waals surface area contributed by atoms with Crippen molar-refractivity contribution in [1.82, 2.24) is 20.4 Å². The summed E-state index contributed by atoms with van der Waals surface area (Å²) >= 11 is 0. The Morgan fingerprint density at radius 3 is 1.84 bits per heavy atom. The van der Waals surface area contributed by atoms with Crippen LogP contribution in [0.25, 0.3) is 0 Å². The minimum absolute atomic E-state index is 0.277. The number of piperazine rings is 1. The summed E-state index contributed by atoms with van der Waals surface area (Å²) in [7, 11) is 4.07. The molecule has 1 saturated heterocycles. The summed E-state index contributed by atoms with van der Waals surface area (Å²) in [4.78, 5) is 9.54. The van der Waals surface area contributed by atoms with E-state index in [4.69, 9.17) is 0 Å². The second-order valence-electron chi connectivity index (χ2n) is 8.86. The van der Waals surface area contributed by atoms with E-state index < -0.39 is 0 Å². The molecule has 1 aliphatic rings. The summed E-state index contributed by atoms with van der Waals surface area (Å²) in [5.41, 5.74) is 2.63. The van der Waals surface area contributed by atoms with Crippen molar-refractivity contribution in [3.63, 3.8) is 0 Å². The van der Waals surface area contributed by atoms with Gasteiger partial charge in [0.05, 0.1) is 0 Å². The molecule has 2 N–H and O–H groups in total. The zero-order valence-electron chi connectivity index (χ0n) is 19.6. The Morgan fingerprint density at radius 1 is 0.839 bits per heavy atom. The number of rotatable bonds is 8. The first-order valence-corrected chi connectivity index (χ1v) is 11.6. The molecule has 1 fully saturated rings. The van der Waals surface area contributed by atoms with E-state index in [0.29, 0.717) is 12.0 Å². The van der Waals surface area contributed by atoms with Crippen molar-refractivity contribution in [2.45, 2.75) is 25.8 Å². The van der Waals surface area contributed by atoms with Crippen molar-refractivity contribution in [3.8, 4) is 0 Å². The number of benzene rings is 2. The van der Waals surface area contributed by atoms with E-state index in [2.05, 4.69) is 107 Å². The molecule has 0 saturated carbocycles. The van der Waals surface area contributed by atoms with Crippen LogP contribution in [0.15, 0.2) is 65.7 Å². The van der Waals surface area contributed by atoms with Gasteiger partial charge in [0, 0.05) is 58.3 Å². The second kappa shape index (κ2) is 11.9. The molecule has 0 aliphatic carbocycles. The molecule has 1 unspecified atom stereocenters. The summed E-state index contributed by atoms with van der Waals surface area (Å²) in [6.07, 6.45) is 0. The Bertz CT molecular complexity index is 742. The first-order valence-electron chi connectivity index (χ1n) is 11.6. The lowest BCUT2D eigenvalue weighted by Crippen LogP contribution is -2.55. The zero-order chi connectivity index (χ0) is 22.1. The molecule has 1 heterocycles. The molecule has 2 aromatic carbocycles. The third-order valence-corrected chi connectivity index (χ3v) is 6.36. The molecule has 2 aromatic rings. The highest BCUT2D eigenvalue weighted by Gasteiger charge is 2.25. The first kappa shape index (κ1) is 23.3. The van der Waals surface area contributed by atoms with Crippen LogP contribution in [0.1, 0.15) is 30.9 Å². The van der Waals surface area contributed by atoms with Crippen molar-refractivity contribution in [2.24, 2.45) is 10.9 Å². The van der Waals surface area contributed by atoms with Gasteiger partial charge in [0.25, 0.3) is 0 Å². The molecular weight excluding hydrogens is 382 g/mol. The molecule has 168 valence electrons. The minimum Gasteiger partial charge on any atom is -0.355 e. The summed E-state index contributed by atoms with van der Waals surface area (Å²) in [6.45, 7) is 10.9. The predicted octanol–water partition coefficient (Wildman–Crippen LogP) is 3.26. The van der Waals surface area contributed by atoms with Gasteiger partial charge < -0.3 is 15.5 Å². The van der Waals surface area contributed by atoms with Gasteiger partial charge in [-0.2, -0.15) is 0 Å². The molecule has 0 bridgehead atoms. The predicted molar refractivity (Wildman–Crippen MR) is 132 cm³/mol. The number of nitrogens with one attached hydrogen (secondary N) is 2. The maximum atomic E-state index is 4.50. The minimum atomic E-state index is 0.277. The second-order valence-corrected chi connectivity index (χ2v) is 8.86. The van der Waals surface area contributed by atoms with Gasteiger partial charge >= 0.3 is 0 Å². The standard InChI is InChI=1S/C26H39N5/c1-21(2)25(31-17-15-30(4)16-18-31)20-29-26(27-3)28-19-24(22-11-7-5-8-12-22)23-13-9-6-10-14-23/h5-14,21,24-25H,15-20H2,1-4H3,(H2,27,28,29). The summed E-state index contributed by atoms with van der Waals surface area (Å²) in [6, 6.07) is 21.9. The Balaban J connectivity index is 1.61. The van der Waals surface area contributed by atoms with Crippen LogP contribution in [-0.2, 0) is 0 Å². The van der Waals surface area contributed by atoms with E-state index in [9.17, 15) is 0 Å². The fourth-order valence-corrected chi connectivity index (χ4v) is 4.36. The van der Waals surface area contributed by atoms with Crippen molar-refractivity contribution >= 4 is 5.96 Å². The molecule has 1 aliphatic heterocycles. The van der Waals surface area contributed by atoms with Crippen LogP contribution in [-0.4, -0.2) is 75.2 Å². The lowest BCUT2D eigenvalue weighted by molar-refractivity contribution is 0.0900. The SMILES string of the molecule is CN=C(NCC(c1ccccc1)c1ccccc1)NCC(C(C)C)N1CCN(C)CC1. The quantitative estimate of drug-likeness (QED) is 0.507. The Kier molecular flexibility index (Phi) is 8.92. The third kappa shape index (κ3) is 6.81. The zero-order valence-corrected chi connectivity index (χ0v) is 19.6. The monoisotopic (exact) mass is 421 g/mol. The fourth-order valence-electron chi connectivity index (χ4n) is 4.36. The normalized spacial score (nSPS) is 17.2. The molecule has 0 amide bonds. The van der Waals surface area contributed by atoms with E-state index in [-0.39, 0.29) is 5.92 Å². The molecule has 0 spiro atoms. The molecular formula is C26H39N5.